The van der Waals surface area contributed by atoms with Crippen LogP contribution >= 0.6 is 0 Å². The molecule has 1 N–H and O–H groups in total. The minimum Gasteiger partial charge on any atom is -0.320 e. The second kappa shape index (κ2) is 5.61. The maximum Gasteiger partial charge on any atom is 0.00893 e. The maximum absolute atomic E-state index is 3.24. The molecule has 0 atom stereocenters. The summed E-state index contributed by atoms with van der Waals surface area (Å²) in [5.74, 6) is 0.989. The minimum atomic E-state index is 0.853. The fourth-order valence-corrected chi connectivity index (χ4v) is 2.30. The molecule has 0 spiro atoms. The summed E-state index contributed by atoms with van der Waals surface area (Å²) in [6.07, 6.45) is 7.05. The molecule has 2 heteroatoms. The first-order chi connectivity index (χ1) is 6.24. The molecule has 1 aliphatic rings. The predicted molar refractivity (Wildman–Crippen MR) is 58.0 cm³/mol. The van der Waals surface area contributed by atoms with E-state index in [2.05, 4.69) is 24.3 Å². The lowest BCUT2D eigenvalue weighted by Gasteiger charge is -2.32. The van der Waals surface area contributed by atoms with Crippen molar-refractivity contribution in [2.75, 3.05) is 27.7 Å². The molecule has 0 radical (unpaired) electrons. The number of rotatable bonds is 4. The van der Waals surface area contributed by atoms with Gasteiger partial charge in [0, 0.05) is 6.04 Å². The van der Waals surface area contributed by atoms with Crippen molar-refractivity contribution in [3.8, 4) is 0 Å². The van der Waals surface area contributed by atoms with Gasteiger partial charge in [0.2, 0.25) is 0 Å². The van der Waals surface area contributed by atoms with E-state index in [0.717, 1.165) is 12.0 Å². The summed E-state index contributed by atoms with van der Waals surface area (Å²) in [5, 5.41) is 3.24. The van der Waals surface area contributed by atoms with Crippen molar-refractivity contribution in [3.05, 3.63) is 0 Å². The Balaban J connectivity index is 2.15. The molecule has 78 valence electrons. The van der Waals surface area contributed by atoms with Crippen LogP contribution in [0.1, 0.15) is 32.1 Å². The number of hydrogen-bond donors (Lipinski definition) is 1. The van der Waals surface area contributed by atoms with E-state index in [-0.39, 0.29) is 0 Å². The fourth-order valence-electron chi connectivity index (χ4n) is 2.30. The molecule has 0 bridgehead atoms. The molecule has 0 heterocycles. The van der Waals surface area contributed by atoms with Crippen LogP contribution in [-0.4, -0.2) is 38.6 Å². The molecule has 0 aliphatic heterocycles. The van der Waals surface area contributed by atoms with Crippen LogP contribution in [0.25, 0.3) is 0 Å². The van der Waals surface area contributed by atoms with Gasteiger partial charge in [0.25, 0.3) is 0 Å². The van der Waals surface area contributed by atoms with Gasteiger partial charge in [-0.05, 0) is 65.7 Å². The third-order valence-corrected chi connectivity index (χ3v) is 3.35. The molecule has 0 aromatic heterocycles. The molecule has 1 saturated carbocycles. The summed E-state index contributed by atoms with van der Waals surface area (Å²) < 4.78 is 0. The van der Waals surface area contributed by atoms with E-state index in [0.29, 0.717) is 0 Å². The lowest BCUT2D eigenvalue weighted by molar-refractivity contribution is 0.189. The highest BCUT2D eigenvalue weighted by molar-refractivity contribution is 4.76. The Morgan fingerprint density at radius 3 is 2.23 bits per heavy atom. The molecular formula is C11H24N2. The van der Waals surface area contributed by atoms with Crippen LogP contribution in [-0.2, 0) is 0 Å². The van der Waals surface area contributed by atoms with Crippen LogP contribution in [0.5, 0.6) is 0 Å². The summed E-state index contributed by atoms with van der Waals surface area (Å²) in [4.78, 5) is 2.38. The molecule has 0 saturated heterocycles. The van der Waals surface area contributed by atoms with Crippen molar-refractivity contribution < 1.29 is 0 Å². The van der Waals surface area contributed by atoms with E-state index in [1.54, 1.807) is 0 Å². The molecule has 1 rings (SSSR count). The molecule has 0 aromatic rings. The van der Waals surface area contributed by atoms with E-state index < -0.39 is 0 Å². The van der Waals surface area contributed by atoms with Gasteiger partial charge in [-0.25, -0.2) is 0 Å². The largest absolute Gasteiger partial charge is 0.320 e. The molecule has 1 aliphatic carbocycles. The van der Waals surface area contributed by atoms with Gasteiger partial charge in [-0.15, -0.1) is 0 Å². The van der Waals surface area contributed by atoms with Crippen molar-refractivity contribution in [2.24, 2.45) is 5.92 Å². The zero-order valence-corrected chi connectivity index (χ0v) is 9.34. The van der Waals surface area contributed by atoms with Gasteiger partial charge in [0.05, 0.1) is 0 Å². The van der Waals surface area contributed by atoms with Crippen LogP contribution in [0, 0.1) is 5.92 Å². The molecule has 2 nitrogen and oxygen atoms in total. The Morgan fingerprint density at radius 2 is 1.77 bits per heavy atom. The smallest absolute Gasteiger partial charge is 0.00893 e. The summed E-state index contributed by atoms with van der Waals surface area (Å²) in [6, 6.07) is 0.853. The van der Waals surface area contributed by atoms with E-state index in [1.807, 2.05) is 7.05 Å². The average Bonchev–Trinajstić information content (AvgIpc) is 2.15. The maximum atomic E-state index is 3.24. The first-order valence-electron chi connectivity index (χ1n) is 5.55. The zero-order chi connectivity index (χ0) is 9.68. The van der Waals surface area contributed by atoms with Crippen molar-refractivity contribution >= 4 is 0 Å². The van der Waals surface area contributed by atoms with Crippen LogP contribution in [0.4, 0.5) is 0 Å². The summed E-state index contributed by atoms with van der Waals surface area (Å²) in [5.41, 5.74) is 0. The van der Waals surface area contributed by atoms with Crippen LogP contribution in [0.2, 0.25) is 0 Å². The first kappa shape index (κ1) is 11.0. The molecular weight excluding hydrogens is 160 g/mol. The summed E-state index contributed by atoms with van der Waals surface area (Å²) in [7, 11) is 6.46. The average molecular weight is 184 g/mol. The summed E-state index contributed by atoms with van der Waals surface area (Å²) in [6.45, 7) is 1.19. The topological polar surface area (TPSA) is 15.3 Å². The van der Waals surface area contributed by atoms with E-state index >= 15 is 0 Å². The summed E-state index contributed by atoms with van der Waals surface area (Å²) >= 11 is 0. The fraction of sp³-hybridized carbons (Fsp3) is 1.00. The van der Waals surface area contributed by atoms with Gasteiger partial charge in [0.1, 0.15) is 0 Å². The third-order valence-electron chi connectivity index (χ3n) is 3.35. The van der Waals surface area contributed by atoms with Gasteiger partial charge in [-0.1, -0.05) is 0 Å². The molecule has 0 aromatic carbocycles. The highest BCUT2D eigenvalue weighted by Gasteiger charge is 2.21. The molecule has 0 unspecified atom stereocenters. The molecule has 1 fully saturated rings. The van der Waals surface area contributed by atoms with E-state index in [9.17, 15) is 0 Å². The van der Waals surface area contributed by atoms with Gasteiger partial charge >= 0.3 is 0 Å². The zero-order valence-electron chi connectivity index (χ0n) is 9.34. The van der Waals surface area contributed by atoms with E-state index in [1.165, 1.54) is 38.6 Å². The first-order valence-corrected chi connectivity index (χ1v) is 5.55. The second-order valence-electron chi connectivity index (χ2n) is 4.53. The third kappa shape index (κ3) is 3.65. The molecule has 13 heavy (non-hydrogen) atoms. The lowest BCUT2D eigenvalue weighted by Crippen LogP contribution is -2.32. The number of nitrogens with zero attached hydrogens (tertiary/aromatic N) is 1. The predicted octanol–water partition coefficient (Wildman–Crippen LogP) is 1.72. The van der Waals surface area contributed by atoms with Crippen molar-refractivity contribution in [2.45, 2.75) is 38.1 Å². The van der Waals surface area contributed by atoms with Gasteiger partial charge < -0.3 is 10.2 Å². The highest BCUT2D eigenvalue weighted by Crippen LogP contribution is 2.28. The second-order valence-corrected chi connectivity index (χ2v) is 4.53. The standard InChI is InChI=1S/C11H24N2/c1-12-9-8-10-4-6-11(7-5-10)13(2)3/h10-12H,4-9H2,1-3H3. The van der Waals surface area contributed by atoms with Crippen LogP contribution < -0.4 is 5.32 Å². The van der Waals surface area contributed by atoms with Crippen molar-refractivity contribution in [1.82, 2.24) is 10.2 Å². The Morgan fingerprint density at radius 1 is 1.15 bits per heavy atom. The van der Waals surface area contributed by atoms with Crippen molar-refractivity contribution in [1.29, 1.82) is 0 Å². The van der Waals surface area contributed by atoms with Crippen molar-refractivity contribution in [3.63, 3.8) is 0 Å². The van der Waals surface area contributed by atoms with Crippen LogP contribution in [0.3, 0.4) is 0 Å². The normalized spacial score (nSPS) is 29.5. The molecule has 0 amide bonds. The van der Waals surface area contributed by atoms with E-state index in [4.69, 9.17) is 0 Å². The van der Waals surface area contributed by atoms with Crippen LogP contribution in [0.15, 0.2) is 0 Å². The Kier molecular flexibility index (Phi) is 4.74. The van der Waals surface area contributed by atoms with Gasteiger partial charge in [-0.2, -0.15) is 0 Å². The minimum absolute atomic E-state index is 0.853. The lowest BCUT2D eigenvalue weighted by atomic mass is 9.84. The quantitative estimate of drug-likeness (QED) is 0.715. The highest BCUT2D eigenvalue weighted by atomic mass is 15.1. The van der Waals surface area contributed by atoms with Gasteiger partial charge in [0.15, 0.2) is 0 Å². The monoisotopic (exact) mass is 184 g/mol. The Bertz CT molecular complexity index is 126. The number of hydrogen-bond acceptors (Lipinski definition) is 2. The van der Waals surface area contributed by atoms with Gasteiger partial charge in [-0.3, -0.25) is 0 Å². The number of nitrogens with one attached hydrogen (secondary N) is 1. The SMILES string of the molecule is CNCCC1CCC(N(C)C)CC1. The Labute approximate surface area is 82.7 Å². The Hall–Kier alpha value is -0.0800.